The molecular weight excluding hydrogens is 352 g/mol. The first kappa shape index (κ1) is 19.9. The number of rotatable bonds is 5. The molecule has 0 aliphatic carbocycles. The van der Waals surface area contributed by atoms with Gasteiger partial charge in [-0.3, -0.25) is 4.79 Å². The smallest absolute Gasteiger partial charge is 0.228 e. The molecule has 0 bridgehead atoms. The number of halogens is 1. The normalized spacial score (nSPS) is 13.1. The third kappa shape index (κ3) is 5.46. The summed E-state index contributed by atoms with van der Waals surface area (Å²) in [5, 5.41) is 12.0. The second-order valence-electron chi connectivity index (χ2n) is 5.30. The number of anilines is 1. The maximum absolute atomic E-state index is 12.1. The molecule has 126 valence electrons. The van der Waals surface area contributed by atoms with E-state index in [2.05, 4.69) is 15.5 Å². The topological polar surface area (TPSA) is 80.9 Å². The molecule has 1 aromatic heterocycles. The van der Waals surface area contributed by atoms with Crippen LogP contribution in [0.4, 0.5) is 5.69 Å². The van der Waals surface area contributed by atoms with Crippen LogP contribution >= 0.6 is 35.5 Å². The molecule has 1 aromatic carbocycles. The van der Waals surface area contributed by atoms with E-state index in [9.17, 15) is 4.79 Å². The van der Waals surface area contributed by atoms with Gasteiger partial charge in [0.05, 0.1) is 5.92 Å². The van der Waals surface area contributed by atoms with Gasteiger partial charge in [-0.05, 0) is 44.5 Å². The number of nitrogens with one attached hydrogen (secondary N) is 1. The Hall–Kier alpha value is -1.15. The summed E-state index contributed by atoms with van der Waals surface area (Å²) in [6, 6.07) is 5.75. The van der Waals surface area contributed by atoms with Crippen molar-refractivity contribution in [1.29, 1.82) is 0 Å². The van der Waals surface area contributed by atoms with Crippen molar-refractivity contribution < 1.29 is 4.79 Å². The van der Waals surface area contributed by atoms with E-state index < -0.39 is 0 Å². The van der Waals surface area contributed by atoms with Gasteiger partial charge in [0.1, 0.15) is 5.01 Å². The second-order valence-corrected chi connectivity index (χ2v) is 7.81. The van der Waals surface area contributed by atoms with Crippen LogP contribution < -0.4 is 11.1 Å². The Morgan fingerprint density at radius 3 is 2.52 bits per heavy atom. The molecule has 2 atom stereocenters. The Morgan fingerprint density at radius 2 is 2.00 bits per heavy atom. The van der Waals surface area contributed by atoms with Crippen LogP contribution in [-0.4, -0.2) is 22.1 Å². The van der Waals surface area contributed by atoms with Crippen LogP contribution in [0, 0.1) is 19.8 Å². The van der Waals surface area contributed by atoms with Gasteiger partial charge >= 0.3 is 0 Å². The van der Waals surface area contributed by atoms with E-state index in [0.717, 1.165) is 25.5 Å². The highest BCUT2D eigenvalue weighted by Crippen LogP contribution is 2.32. The summed E-state index contributed by atoms with van der Waals surface area (Å²) in [6.07, 6.45) is 0. The first-order valence-corrected chi connectivity index (χ1v) is 8.65. The van der Waals surface area contributed by atoms with Crippen molar-refractivity contribution in [2.75, 3.05) is 5.32 Å². The Labute approximate surface area is 150 Å². The molecule has 0 saturated carbocycles. The number of nitrogens with two attached hydrogens (primary N) is 1. The lowest BCUT2D eigenvalue weighted by atomic mass is 10.0. The molecule has 3 N–H and O–H groups in total. The first-order valence-electron chi connectivity index (χ1n) is 7.02. The van der Waals surface area contributed by atoms with Crippen LogP contribution in [0.2, 0.25) is 0 Å². The number of carbonyl (C=O) groups is 1. The monoisotopic (exact) mass is 372 g/mol. The molecule has 0 aliphatic rings. The van der Waals surface area contributed by atoms with Crippen molar-refractivity contribution in [2.24, 2.45) is 11.7 Å². The van der Waals surface area contributed by atoms with Gasteiger partial charge in [0.2, 0.25) is 5.91 Å². The lowest BCUT2D eigenvalue weighted by Crippen LogP contribution is -2.34. The Balaban J connectivity index is 0.00000264. The van der Waals surface area contributed by atoms with E-state index in [4.69, 9.17) is 5.73 Å². The zero-order chi connectivity index (χ0) is 16.3. The lowest BCUT2D eigenvalue weighted by Gasteiger charge is -2.16. The minimum atomic E-state index is -0.224. The minimum Gasteiger partial charge on any atom is -0.327 e. The van der Waals surface area contributed by atoms with Gasteiger partial charge in [-0.2, -0.15) is 0 Å². The van der Waals surface area contributed by atoms with Crippen LogP contribution in [0.3, 0.4) is 0 Å². The summed E-state index contributed by atoms with van der Waals surface area (Å²) in [5.41, 5.74) is 7.59. The van der Waals surface area contributed by atoms with E-state index >= 15 is 0 Å². The highest BCUT2D eigenvalue weighted by Gasteiger charge is 2.17. The van der Waals surface area contributed by atoms with Gasteiger partial charge < -0.3 is 11.1 Å². The van der Waals surface area contributed by atoms with Gasteiger partial charge in [-0.1, -0.05) is 30.0 Å². The molecule has 0 aliphatic heterocycles. The second kappa shape index (κ2) is 8.63. The van der Waals surface area contributed by atoms with E-state index in [1.807, 2.05) is 45.9 Å². The molecule has 8 heteroatoms. The van der Waals surface area contributed by atoms with E-state index in [0.29, 0.717) is 0 Å². The Kier molecular flexibility index (Phi) is 7.47. The number of hydrogen-bond donors (Lipinski definition) is 2. The number of nitrogens with zero attached hydrogens (tertiary/aromatic N) is 2. The highest BCUT2D eigenvalue weighted by atomic mass is 35.5. The average molecular weight is 373 g/mol. The maximum atomic E-state index is 12.1. The van der Waals surface area contributed by atoms with Crippen molar-refractivity contribution >= 4 is 47.1 Å². The van der Waals surface area contributed by atoms with Crippen molar-refractivity contribution in [3.8, 4) is 0 Å². The molecule has 1 heterocycles. The van der Waals surface area contributed by atoms with Crippen molar-refractivity contribution in [3.63, 3.8) is 0 Å². The number of benzene rings is 1. The van der Waals surface area contributed by atoms with Gasteiger partial charge in [0.15, 0.2) is 4.34 Å². The van der Waals surface area contributed by atoms with Crippen LogP contribution in [0.25, 0.3) is 0 Å². The summed E-state index contributed by atoms with van der Waals surface area (Å²) in [5.74, 6) is -0.281. The molecule has 0 radical (unpaired) electrons. The standard InChI is InChI=1S/C15H20N4OS2.ClH/c1-8-7-12(22-15-19-18-11(4)21-15)5-6-13(8)17-14(20)9(2)10(3)16;/h5-7,9-10H,16H2,1-4H3,(H,17,20);1H. The summed E-state index contributed by atoms with van der Waals surface area (Å²) in [7, 11) is 0. The molecule has 2 rings (SSSR count). The number of amides is 1. The molecule has 0 saturated heterocycles. The molecular formula is C15H21ClN4OS2. The average Bonchev–Trinajstić information content (AvgIpc) is 2.86. The fourth-order valence-electron chi connectivity index (χ4n) is 1.75. The predicted octanol–water partition coefficient (Wildman–Crippen LogP) is 3.65. The Morgan fingerprint density at radius 1 is 1.30 bits per heavy atom. The van der Waals surface area contributed by atoms with Crippen molar-refractivity contribution in [2.45, 2.75) is 43.0 Å². The van der Waals surface area contributed by atoms with E-state index in [1.165, 1.54) is 0 Å². The molecule has 23 heavy (non-hydrogen) atoms. The molecule has 2 aromatic rings. The van der Waals surface area contributed by atoms with Gasteiger partial charge in [0.25, 0.3) is 0 Å². The third-order valence-electron chi connectivity index (χ3n) is 3.37. The van der Waals surface area contributed by atoms with Gasteiger partial charge in [-0.15, -0.1) is 22.6 Å². The highest BCUT2D eigenvalue weighted by molar-refractivity contribution is 8.01. The molecule has 0 spiro atoms. The summed E-state index contributed by atoms with van der Waals surface area (Å²) in [6.45, 7) is 7.57. The molecule has 2 unspecified atom stereocenters. The number of carbonyl (C=O) groups excluding carboxylic acids is 1. The van der Waals surface area contributed by atoms with Crippen LogP contribution in [-0.2, 0) is 4.79 Å². The quantitative estimate of drug-likeness (QED) is 0.837. The molecule has 1 amide bonds. The van der Waals surface area contributed by atoms with Gasteiger partial charge in [0, 0.05) is 16.6 Å². The van der Waals surface area contributed by atoms with Crippen molar-refractivity contribution in [3.05, 3.63) is 28.8 Å². The number of hydrogen-bond acceptors (Lipinski definition) is 6. The Bertz CT molecular complexity index is 675. The predicted molar refractivity (Wildman–Crippen MR) is 98.6 cm³/mol. The molecule has 0 fully saturated rings. The number of aryl methyl sites for hydroxylation is 2. The largest absolute Gasteiger partial charge is 0.327 e. The van der Waals surface area contributed by atoms with E-state index in [1.54, 1.807) is 23.1 Å². The number of aromatic nitrogens is 2. The van der Waals surface area contributed by atoms with Crippen LogP contribution in [0.5, 0.6) is 0 Å². The van der Waals surface area contributed by atoms with Crippen LogP contribution in [0.1, 0.15) is 24.4 Å². The van der Waals surface area contributed by atoms with Gasteiger partial charge in [-0.25, -0.2) is 0 Å². The fraction of sp³-hybridized carbons (Fsp3) is 0.400. The minimum absolute atomic E-state index is 0. The molecule has 5 nitrogen and oxygen atoms in total. The lowest BCUT2D eigenvalue weighted by molar-refractivity contribution is -0.119. The maximum Gasteiger partial charge on any atom is 0.228 e. The summed E-state index contributed by atoms with van der Waals surface area (Å²) < 4.78 is 0.916. The van der Waals surface area contributed by atoms with Crippen LogP contribution in [0.15, 0.2) is 27.4 Å². The van der Waals surface area contributed by atoms with E-state index in [-0.39, 0.29) is 30.3 Å². The zero-order valence-electron chi connectivity index (χ0n) is 13.5. The fourth-order valence-corrected chi connectivity index (χ4v) is 3.63. The summed E-state index contributed by atoms with van der Waals surface area (Å²) in [4.78, 5) is 13.1. The third-order valence-corrected chi connectivity index (χ3v) is 5.25. The zero-order valence-corrected chi connectivity index (χ0v) is 15.9. The first-order chi connectivity index (χ1) is 10.4. The van der Waals surface area contributed by atoms with Crippen molar-refractivity contribution in [1.82, 2.24) is 10.2 Å². The summed E-state index contributed by atoms with van der Waals surface area (Å²) >= 11 is 3.14. The SMILES string of the molecule is Cc1nnc(Sc2ccc(NC(=O)C(C)C(C)N)c(C)c2)s1.Cl.